The van der Waals surface area contributed by atoms with Gasteiger partial charge in [-0.05, 0) is 64.0 Å². The number of aryl methyl sites for hydroxylation is 2. The van der Waals surface area contributed by atoms with Crippen molar-refractivity contribution in [3.63, 3.8) is 0 Å². The molecule has 2 rings (SSSR count). The number of rotatable bonds is 4. The molecule has 0 unspecified atom stereocenters. The molecule has 1 aliphatic rings. The van der Waals surface area contributed by atoms with Crippen LogP contribution in [0.25, 0.3) is 0 Å². The molecular formula is C16H27N3. The number of hydrogen-bond acceptors (Lipinski definition) is 3. The molecule has 0 saturated heterocycles. The van der Waals surface area contributed by atoms with Crippen LogP contribution in [-0.4, -0.2) is 16.5 Å². The quantitative estimate of drug-likeness (QED) is 0.905. The van der Waals surface area contributed by atoms with E-state index in [1.54, 1.807) is 0 Å². The minimum Gasteiger partial charge on any atom is -0.330 e. The van der Waals surface area contributed by atoms with Gasteiger partial charge in [-0.25, -0.2) is 9.97 Å². The van der Waals surface area contributed by atoms with Crippen LogP contribution < -0.4 is 5.73 Å². The maximum Gasteiger partial charge on any atom is 0.131 e. The van der Waals surface area contributed by atoms with Crippen LogP contribution in [0.1, 0.15) is 67.7 Å². The first-order valence-corrected chi connectivity index (χ1v) is 7.69. The molecule has 1 heterocycles. The maximum absolute atomic E-state index is 5.65. The molecule has 106 valence electrons. The highest BCUT2D eigenvalue weighted by atomic mass is 14.9. The van der Waals surface area contributed by atoms with E-state index in [1.165, 1.54) is 37.7 Å². The number of nitrogens with two attached hydrogens (primary N) is 1. The molecule has 2 N–H and O–H groups in total. The van der Waals surface area contributed by atoms with E-state index >= 15 is 0 Å². The third-order valence-corrected chi connectivity index (χ3v) is 4.62. The minimum atomic E-state index is 0.576. The van der Waals surface area contributed by atoms with Gasteiger partial charge in [0.2, 0.25) is 0 Å². The lowest BCUT2D eigenvalue weighted by Gasteiger charge is -2.27. The van der Waals surface area contributed by atoms with Crippen LogP contribution in [0.3, 0.4) is 0 Å². The van der Waals surface area contributed by atoms with Gasteiger partial charge in [0.15, 0.2) is 0 Å². The van der Waals surface area contributed by atoms with Gasteiger partial charge < -0.3 is 5.73 Å². The zero-order valence-electron chi connectivity index (χ0n) is 12.6. The molecular weight excluding hydrogens is 234 g/mol. The highest BCUT2D eigenvalue weighted by molar-refractivity contribution is 5.25. The Morgan fingerprint density at radius 3 is 2.11 bits per heavy atom. The van der Waals surface area contributed by atoms with E-state index in [0.29, 0.717) is 12.5 Å². The van der Waals surface area contributed by atoms with Crippen LogP contribution in [-0.2, 0) is 6.42 Å². The maximum atomic E-state index is 5.65. The summed E-state index contributed by atoms with van der Waals surface area (Å²) >= 11 is 0. The summed E-state index contributed by atoms with van der Waals surface area (Å²) in [6.45, 7) is 7.17. The van der Waals surface area contributed by atoms with E-state index in [4.69, 9.17) is 15.7 Å². The van der Waals surface area contributed by atoms with Crippen LogP contribution in [0, 0.1) is 19.8 Å². The third-order valence-electron chi connectivity index (χ3n) is 4.62. The van der Waals surface area contributed by atoms with Crippen molar-refractivity contribution in [3.8, 4) is 0 Å². The molecule has 0 atom stereocenters. The molecule has 3 heteroatoms. The normalized spacial score (nSPS) is 23.6. The first kappa shape index (κ1) is 14.4. The summed E-state index contributed by atoms with van der Waals surface area (Å²) in [5, 5.41) is 0. The molecule has 1 aromatic heterocycles. The van der Waals surface area contributed by atoms with Crippen molar-refractivity contribution in [1.29, 1.82) is 0 Å². The predicted octanol–water partition coefficient (Wildman–Crippen LogP) is 3.28. The zero-order valence-corrected chi connectivity index (χ0v) is 12.6. The predicted molar refractivity (Wildman–Crippen MR) is 79.3 cm³/mol. The Kier molecular flexibility index (Phi) is 4.92. The van der Waals surface area contributed by atoms with E-state index in [2.05, 4.69) is 20.8 Å². The highest BCUT2D eigenvalue weighted by Crippen LogP contribution is 2.35. The monoisotopic (exact) mass is 261 g/mol. The average Bonchev–Trinajstić information content (AvgIpc) is 2.43. The second-order valence-corrected chi connectivity index (χ2v) is 5.90. The summed E-state index contributed by atoms with van der Waals surface area (Å²) in [7, 11) is 0. The highest BCUT2D eigenvalue weighted by Gasteiger charge is 2.24. The van der Waals surface area contributed by atoms with Crippen LogP contribution in [0.2, 0.25) is 0 Å². The van der Waals surface area contributed by atoms with Gasteiger partial charge in [0.05, 0.1) is 0 Å². The molecule has 19 heavy (non-hydrogen) atoms. The molecule has 0 spiro atoms. The average molecular weight is 261 g/mol. The molecule has 1 saturated carbocycles. The Bertz CT molecular complexity index is 397. The van der Waals surface area contributed by atoms with Gasteiger partial charge in [0, 0.05) is 17.3 Å². The lowest BCUT2D eigenvalue weighted by molar-refractivity contribution is 0.311. The molecule has 1 aromatic rings. The van der Waals surface area contributed by atoms with Crippen molar-refractivity contribution in [2.75, 3.05) is 6.54 Å². The Morgan fingerprint density at radius 1 is 1.05 bits per heavy atom. The van der Waals surface area contributed by atoms with Gasteiger partial charge in [-0.15, -0.1) is 0 Å². The summed E-state index contributed by atoms with van der Waals surface area (Å²) in [5.74, 6) is 2.58. The Balaban J connectivity index is 2.13. The zero-order chi connectivity index (χ0) is 13.8. The van der Waals surface area contributed by atoms with Crippen molar-refractivity contribution in [3.05, 3.63) is 22.8 Å². The van der Waals surface area contributed by atoms with E-state index in [0.717, 1.165) is 29.6 Å². The Hall–Kier alpha value is -0.960. The van der Waals surface area contributed by atoms with Gasteiger partial charge in [-0.3, -0.25) is 0 Å². The second-order valence-electron chi connectivity index (χ2n) is 5.90. The summed E-state index contributed by atoms with van der Waals surface area (Å²) < 4.78 is 0. The molecule has 0 radical (unpaired) electrons. The van der Waals surface area contributed by atoms with Crippen LogP contribution in [0.4, 0.5) is 0 Å². The SMILES string of the molecule is CCC1CCC(c2nc(C)c(CCN)c(C)n2)CC1. The van der Waals surface area contributed by atoms with E-state index in [9.17, 15) is 0 Å². The number of hydrogen-bond donors (Lipinski definition) is 1. The minimum absolute atomic E-state index is 0.576. The van der Waals surface area contributed by atoms with Gasteiger partial charge >= 0.3 is 0 Å². The summed E-state index contributed by atoms with van der Waals surface area (Å²) in [6.07, 6.45) is 7.41. The molecule has 0 bridgehead atoms. The van der Waals surface area contributed by atoms with Crippen LogP contribution in [0.15, 0.2) is 0 Å². The summed E-state index contributed by atoms with van der Waals surface area (Å²) in [4.78, 5) is 9.52. The fourth-order valence-corrected chi connectivity index (χ4v) is 3.28. The van der Waals surface area contributed by atoms with Crippen molar-refractivity contribution in [2.24, 2.45) is 11.7 Å². The largest absolute Gasteiger partial charge is 0.330 e. The van der Waals surface area contributed by atoms with Crippen molar-refractivity contribution in [1.82, 2.24) is 9.97 Å². The number of aromatic nitrogens is 2. The first-order chi connectivity index (χ1) is 9.15. The van der Waals surface area contributed by atoms with E-state index < -0.39 is 0 Å². The van der Waals surface area contributed by atoms with Crippen molar-refractivity contribution >= 4 is 0 Å². The van der Waals surface area contributed by atoms with Gasteiger partial charge in [-0.2, -0.15) is 0 Å². The fraction of sp³-hybridized carbons (Fsp3) is 0.750. The van der Waals surface area contributed by atoms with Gasteiger partial charge in [0.25, 0.3) is 0 Å². The standard InChI is InChI=1S/C16H27N3/c1-4-13-5-7-14(8-6-13)16-18-11(2)15(9-10-17)12(3)19-16/h13-14H,4-10,17H2,1-3H3. The van der Waals surface area contributed by atoms with Crippen LogP contribution >= 0.6 is 0 Å². The topological polar surface area (TPSA) is 51.8 Å². The lowest BCUT2D eigenvalue weighted by Crippen LogP contribution is -2.17. The van der Waals surface area contributed by atoms with Gasteiger partial charge in [0.1, 0.15) is 5.82 Å². The Morgan fingerprint density at radius 2 is 1.63 bits per heavy atom. The molecule has 0 amide bonds. The van der Waals surface area contributed by atoms with E-state index in [-0.39, 0.29) is 0 Å². The smallest absolute Gasteiger partial charge is 0.131 e. The Labute approximate surface area is 117 Å². The molecule has 0 aromatic carbocycles. The van der Waals surface area contributed by atoms with Crippen molar-refractivity contribution < 1.29 is 0 Å². The van der Waals surface area contributed by atoms with Crippen LogP contribution in [0.5, 0.6) is 0 Å². The van der Waals surface area contributed by atoms with E-state index in [1.807, 2.05) is 0 Å². The summed E-state index contributed by atoms with van der Waals surface area (Å²) in [6, 6.07) is 0. The second kappa shape index (κ2) is 6.47. The van der Waals surface area contributed by atoms with Gasteiger partial charge in [-0.1, -0.05) is 13.3 Å². The molecule has 1 fully saturated rings. The first-order valence-electron chi connectivity index (χ1n) is 7.69. The third kappa shape index (κ3) is 3.33. The molecule has 3 nitrogen and oxygen atoms in total. The van der Waals surface area contributed by atoms with Crippen molar-refractivity contribution in [2.45, 2.75) is 65.2 Å². The molecule has 1 aliphatic carbocycles. The number of nitrogens with zero attached hydrogens (tertiary/aromatic N) is 2. The molecule has 0 aliphatic heterocycles. The fourth-order valence-electron chi connectivity index (χ4n) is 3.28. The summed E-state index contributed by atoms with van der Waals surface area (Å²) in [5.41, 5.74) is 9.16. The lowest BCUT2D eigenvalue weighted by atomic mass is 9.80.